The summed E-state index contributed by atoms with van der Waals surface area (Å²) in [4.78, 5) is 6.55. The minimum absolute atomic E-state index is 0.154. The Morgan fingerprint density at radius 1 is 0.362 bits per heavy atom. The Morgan fingerprint density at radius 2 is 0.681 bits per heavy atom. The van der Waals surface area contributed by atoms with E-state index in [4.69, 9.17) is 10.2 Å². The number of rotatable bonds is 3. The zero-order valence-corrected chi connectivity index (χ0v) is 27.0. The van der Waals surface area contributed by atoms with Gasteiger partial charge >= 0.3 is 0 Å². The largest absolute Gasteiger partial charge is 0.308 e. The normalized spacial score (nSPS) is 15.5. The Morgan fingerprint density at radius 3 is 1.04 bits per heavy atom. The predicted molar refractivity (Wildman–Crippen MR) is 192 cm³/mol. The number of para-hydroxylation sites is 5. The van der Waals surface area contributed by atoms with Crippen LogP contribution in [0.1, 0.15) is 49.9 Å². The molecule has 5 nitrogen and oxygen atoms in total. The van der Waals surface area contributed by atoms with Crippen LogP contribution in [-0.4, -0.2) is 15.0 Å². The lowest BCUT2D eigenvalue weighted by atomic mass is 9.73. The van der Waals surface area contributed by atoms with E-state index in [1.54, 1.807) is 4.80 Å². The summed E-state index contributed by atoms with van der Waals surface area (Å²) in [6, 6.07) is 49.7. The first kappa shape index (κ1) is 27.6. The maximum absolute atomic E-state index is 5.27. The number of hydrogen-bond acceptors (Lipinski definition) is 4. The van der Waals surface area contributed by atoms with Gasteiger partial charge in [-0.3, -0.25) is 0 Å². The molecule has 7 aromatic rings. The molecular formula is C42H35N5. The van der Waals surface area contributed by atoms with Crippen LogP contribution in [-0.2, 0) is 10.8 Å². The molecule has 0 unspecified atom stereocenters. The van der Waals surface area contributed by atoms with Crippen LogP contribution < -0.4 is 9.80 Å². The second-order valence-electron chi connectivity index (χ2n) is 13.6. The van der Waals surface area contributed by atoms with Gasteiger partial charge in [0.05, 0.1) is 39.8 Å². The quantitative estimate of drug-likeness (QED) is 0.200. The van der Waals surface area contributed by atoms with Crippen LogP contribution in [0.25, 0.3) is 16.7 Å². The molecule has 0 bridgehead atoms. The summed E-state index contributed by atoms with van der Waals surface area (Å²) >= 11 is 0. The average Bonchev–Trinajstić information content (AvgIpc) is 3.56. The fourth-order valence-corrected chi connectivity index (χ4v) is 7.86. The van der Waals surface area contributed by atoms with Crippen LogP contribution >= 0.6 is 0 Å². The summed E-state index contributed by atoms with van der Waals surface area (Å²) in [6.07, 6.45) is 0. The molecule has 9 rings (SSSR count). The van der Waals surface area contributed by atoms with Crippen LogP contribution in [0.15, 0.2) is 140 Å². The Labute approximate surface area is 275 Å². The van der Waals surface area contributed by atoms with E-state index < -0.39 is 0 Å². The lowest BCUT2D eigenvalue weighted by Crippen LogP contribution is -2.31. The van der Waals surface area contributed by atoms with Crippen molar-refractivity contribution in [2.45, 2.75) is 38.5 Å². The van der Waals surface area contributed by atoms with Gasteiger partial charge in [-0.15, -0.1) is 10.2 Å². The molecule has 0 spiro atoms. The molecule has 6 aromatic carbocycles. The molecule has 0 fully saturated rings. The van der Waals surface area contributed by atoms with Gasteiger partial charge in [-0.1, -0.05) is 119 Å². The summed E-state index contributed by atoms with van der Waals surface area (Å²) < 4.78 is 0. The molecule has 5 heteroatoms. The van der Waals surface area contributed by atoms with Gasteiger partial charge in [-0.2, -0.15) is 4.80 Å². The average molecular weight is 610 g/mol. The van der Waals surface area contributed by atoms with Gasteiger partial charge in [-0.05, 0) is 70.8 Å². The van der Waals surface area contributed by atoms with E-state index in [-0.39, 0.29) is 10.8 Å². The van der Waals surface area contributed by atoms with E-state index in [1.165, 1.54) is 22.3 Å². The van der Waals surface area contributed by atoms with E-state index in [1.807, 2.05) is 18.2 Å². The van der Waals surface area contributed by atoms with Crippen molar-refractivity contribution in [1.29, 1.82) is 0 Å². The Kier molecular flexibility index (Phi) is 5.82. The Bertz CT molecular complexity index is 2090. The topological polar surface area (TPSA) is 37.2 Å². The fraction of sp³-hybridized carbons (Fsp3) is 0.143. The molecule has 0 amide bonds. The highest BCUT2D eigenvalue weighted by Gasteiger charge is 2.40. The van der Waals surface area contributed by atoms with Crippen molar-refractivity contribution in [1.82, 2.24) is 15.0 Å². The van der Waals surface area contributed by atoms with Gasteiger partial charge in [0.1, 0.15) is 11.0 Å². The van der Waals surface area contributed by atoms with E-state index in [0.29, 0.717) is 0 Å². The van der Waals surface area contributed by atoms with Gasteiger partial charge < -0.3 is 9.80 Å². The lowest BCUT2D eigenvalue weighted by molar-refractivity contribution is 0.631. The molecule has 2 aliphatic heterocycles. The molecule has 0 radical (unpaired) electrons. The van der Waals surface area contributed by atoms with Crippen molar-refractivity contribution in [2.24, 2.45) is 0 Å². The van der Waals surface area contributed by atoms with E-state index in [9.17, 15) is 0 Å². The highest BCUT2D eigenvalue weighted by molar-refractivity contribution is 6.05. The van der Waals surface area contributed by atoms with Gasteiger partial charge in [0, 0.05) is 10.8 Å². The molecule has 0 atom stereocenters. The van der Waals surface area contributed by atoms with Crippen molar-refractivity contribution in [3.63, 3.8) is 0 Å². The summed E-state index contributed by atoms with van der Waals surface area (Å²) in [7, 11) is 0. The van der Waals surface area contributed by atoms with Crippen LogP contribution in [0.2, 0.25) is 0 Å². The van der Waals surface area contributed by atoms with E-state index >= 15 is 0 Å². The van der Waals surface area contributed by atoms with Crippen LogP contribution in [0, 0.1) is 0 Å². The minimum atomic E-state index is -0.154. The molecule has 2 aliphatic rings. The highest BCUT2D eigenvalue weighted by Crippen LogP contribution is 2.55. The van der Waals surface area contributed by atoms with Crippen molar-refractivity contribution in [3.8, 4) is 5.69 Å². The van der Waals surface area contributed by atoms with Crippen molar-refractivity contribution in [3.05, 3.63) is 162 Å². The molecule has 3 heterocycles. The molecule has 0 aliphatic carbocycles. The maximum Gasteiger partial charge on any atom is 0.139 e. The number of nitrogens with zero attached hydrogens (tertiary/aromatic N) is 5. The first-order valence-corrected chi connectivity index (χ1v) is 16.3. The summed E-state index contributed by atoms with van der Waals surface area (Å²) in [5.74, 6) is 0. The van der Waals surface area contributed by atoms with Crippen molar-refractivity contribution in [2.75, 3.05) is 9.80 Å². The second-order valence-corrected chi connectivity index (χ2v) is 13.6. The van der Waals surface area contributed by atoms with Gasteiger partial charge in [0.15, 0.2) is 0 Å². The Hall–Kier alpha value is -5.68. The standard InChI is InChI=1S/C42H35N5/c1-41(2)29-18-8-12-22-33(29)45(34-23-13-9-19-30(34)41)37-26-27-38(40-39(37)43-47(44-40)28-16-6-5-7-17-28)46-35-24-14-10-20-31(35)42(3,4)32-21-11-15-25-36(32)46/h5-27H,1-4H3. The zero-order valence-electron chi connectivity index (χ0n) is 27.0. The van der Waals surface area contributed by atoms with Gasteiger partial charge in [0.2, 0.25) is 0 Å². The van der Waals surface area contributed by atoms with Crippen molar-refractivity contribution >= 4 is 45.2 Å². The molecular weight excluding hydrogens is 574 g/mol. The smallest absolute Gasteiger partial charge is 0.139 e. The van der Waals surface area contributed by atoms with E-state index in [2.05, 4.69) is 159 Å². The number of aromatic nitrogens is 3. The second kappa shape index (κ2) is 9.91. The molecule has 0 saturated heterocycles. The highest BCUT2D eigenvalue weighted by atomic mass is 15.5. The zero-order chi connectivity index (χ0) is 31.9. The minimum Gasteiger partial charge on any atom is -0.308 e. The van der Waals surface area contributed by atoms with Crippen molar-refractivity contribution < 1.29 is 0 Å². The SMILES string of the molecule is CC1(C)c2ccccc2N(c2ccc(N3c4ccccc4C(C)(C)c4ccccc43)c3nn(-c4ccccc4)nc23)c2ccccc21. The van der Waals surface area contributed by atoms with Crippen LogP contribution in [0.3, 0.4) is 0 Å². The third-order valence-corrected chi connectivity index (χ3v) is 10.2. The summed E-state index contributed by atoms with van der Waals surface area (Å²) in [5, 5.41) is 10.5. The first-order chi connectivity index (χ1) is 22.9. The third kappa shape index (κ3) is 3.89. The molecule has 0 N–H and O–H groups in total. The number of fused-ring (bicyclic) bond motifs is 5. The first-order valence-electron chi connectivity index (χ1n) is 16.3. The fourth-order valence-electron chi connectivity index (χ4n) is 7.86. The molecule has 0 saturated carbocycles. The van der Waals surface area contributed by atoms with Gasteiger partial charge in [-0.25, -0.2) is 0 Å². The van der Waals surface area contributed by atoms with Gasteiger partial charge in [0.25, 0.3) is 0 Å². The van der Waals surface area contributed by atoms with Crippen LogP contribution in [0.5, 0.6) is 0 Å². The number of hydrogen-bond donors (Lipinski definition) is 0. The third-order valence-electron chi connectivity index (χ3n) is 10.2. The monoisotopic (exact) mass is 609 g/mol. The summed E-state index contributed by atoms with van der Waals surface area (Å²) in [5.41, 5.74) is 14.1. The van der Waals surface area contributed by atoms with E-state index in [0.717, 1.165) is 50.8 Å². The number of benzene rings is 6. The van der Waals surface area contributed by atoms with Crippen LogP contribution in [0.4, 0.5) is 34.1 Å². The molecule has 228 valence electrons. The maximum atomic E-state index is 5.27. The summed E-state index contributed by atoms with van der Waals surface area (Å²) in [6.45, 7) is 9.27. The number of anilines is 6. The Balaban J connectivity index is 1.35. The predicted octanol–water partition coefficient (Wildman–Crippen LogP) is 10.6. The molecule has 1 aromatic heterocycles. The lowest BCUT2D eigenvalue weighted by Gasteiger charge is -2.43. The molecule has 47 heavy (non-hydrogen) atoms.